The summed E-state index contributed by atoms with van der Waals surface area (Å²) in [6, 6.07) is 5.87. The van der Waals surface area contributed by atoms with Gasteiger partial charge in [0.15, 0.2) is 0 Å². The van der Waals surface area contributed by atoms with Crippen LogP contribution in [0.25, 0.3) is 0 Å². The average Bonchev–Trinajstić information content (AvgIpc) is 2.82. The van der Waals surface area contributed by atoms with Gasteiger partial charge in [0.2, 0.25) is 5.88 Å². The van der Waals surface area contributed by atoms with Gasteiger partial charge < -0.3 is 14.5 Å². The molecule has 0 amide bonds. The predicted molar refractivity (Wildman–Crippen MR) is 68.7 cm³/mol. The molecule has 0 aliphatic carbocycles. The quantitative estimate of drug-likeness (QED) is 0.849. The number of ether oxygens (including phenoxy) is 1. The lowest BCUT2D eigenvalue weighted by atomic mass is 10.2. The Bertz CT molecular complexity index is 471. The number of hydrogen-bond acceptors (Lipinski definition) is 5. The third-order valence-corrected chi connectivity index (χ3v) is 2.42. The van der Waals surface area contributed by atoms with Crippen molar-refractivity contribution in [3.05, 3.63) is 36.5 Å². The summed E-state index contributed by atoms with van der Waals surface area (Å²) in [5.74, 6) is 2.29. The maximum absolute atomic E-state index is 5.32. The van der Waals surface area contributed by atoms with Crippen molar-refractivity contribution in [3.63, 3.8) is 0 Å². The van der Waals surface area contributed by atoms with E-state index in [1.165, 1.54) is 6.33 Å². The summed E-state index contributed by atoms with van der Waals surface area (Å²) in [5.41, 5.74) is 0. The highest BCUT2D eigenvalue weighted by Gasteiger charge is 2.07. The first-order chi connectivity index (χ1) is 8.78. The van der Waals surface area contributed by atoms with Gasteiger partial charge in [0.1, 0.15) is 17.9 Å². The van der Waals surface area contributed by atoms with Crippen LogP contribution >= 0.6 is 0 Å². The summed E-state index contributed by atoms with van der Waals surface area (Å²) >= 11 is 0. The zero-order valence-electron chi connectivity index (χ0n) is 10.6. The number of aromatic nitrogens is 2. The molecule has 0 aromatic carbocycles. The van der Waals surface area contributed by atoms with Gasteiger partial charge in [-0.2, -0.15) is 0 Å². The van der Waals surface area contributed by atoms with Gasteiger partial charge in [-0.3, -0.25) is 0 Å². The van der Waals surface area contributed by atoms with Crippen molar-refractivity contribution < 1.29 is 9.15 Å². The fourth-order valence-electron chi connectivity index (χ4n) is 1.68. The van der Waals surface area contributed by atoms with Crippen LogP contribution in [0, 0.1) is 0 Å². The largest absolute Gasteiger partial charge is 0.478 e. The molecule has 0 bridgehead atoms. The van der Waals surface area contributed by atoms with E-state index in [0.717, 1.165) is 18.0 Å². The van der Waals surface area contributed by atoms with E-state index in [-0.39, 0.29) is 6.04 Å². The molecule has 1 atom stereocenters. The lowest BCUT2D eigenvalue weighted by Gasteiger charge is -2.13. The Morgan fingerprint density at radius 3 is 3.06 bits per heavy atom. The minimum absolute atomic E-state index is 0.223. The molecule has 0 fully saturated rings. The normalized spacial score (nSPS) is 12.1. The molecule has 0 aliphatic rings. The van der Waals surface area contributed by atoms with Crippen LogP contribution < -0.4 is 10.1 Å². The molecule has 2 aromatic heterocycles. The van der Waals surface area contributed by atoms with Crippen molar-refractivity contribution in [3.8, 4) is 5.88 Å². The van der Waals surface area contributed by atoms with Crippen LogP contribution in [0.4, 0.5) is 5.82 Å². The fraction of sp³-hybridized carbons (Fsp3) is 0.385. The van der Waals surface area contributed by atoms with E-state index in [1.807, 2.05) is 19.1 Å². The molecule has 2 aromatic rings. The SMILES string of the molecule is CCOc1cc(NC(C)Cc2ccco2)ncn1. The molecule has 0 saturated heterocycles. The van der Waals surface area contributed by atoms with Crippen LogP contribution in [0.5, 0.6) is 5.88 Å². The van der Waals surface area contributed by atoms with E-state index in [9.17, 15) is 0 Å². The molecule has 1 N–H and O–H groups in total. The Morgan fingerprint density at radius 1 is 1.44 bits per heavy atom. The van der Waals surface area contributed by atoms with Crippen LogP contribution in [0.15, 0.2) is 35.2 Å². The summed E-state index contributed by atoms with van der Waals surface area (Å²) in [4.78, 5) is 8.18. The molecule has 5 heteroatoms. The van der Waals surface area contributed by atoms with Crippen LogP contribution in [0.1, 0.15) is 19.6 Å². The molecule has 0 saturated carbocycles. The van der Waals surface area contributed by atoms with Gasteiger partial charge in [-0.1, -0.05) is 0 Å². The van der Waals surface area contributed by atoms with Crippen molar-refractivity contribution in [2.24, 2.45) is 0 Å². The number of nitrogens with one attached hydrogen (secondary N) is 1. The van der Waals surface area contributed by atoms with Gasteiger partial charge in [0.25, 0.3) is 0 Å². The summed E-state index contributed by atoms with van der Waals surface area (Å²) in [7, 11) is 0. The monoisotopic (exact) mass is 247 g/mol. The Labute approximate surface area is 106 Å². The molecular weight excluding hydrogens is 230 g/mol. The van der Waals surface area contributed by atoms with Crippen LogP contribution in [0.3, 0.4) is 0 Å². The van der Waals surface area contributed by atoms with Gasteiger partial charge >= 0.3 is 0 Å². The molecule has 0 aliphatic heterocycles. The maximum atomic E-state index is 5.32. The highest BCUT2D eigenvalue weighted by molar-refractivity contribution is 5.38. The average molecular weight is 247 g/mol. The van der Waals surface area contributed by atoms with Crippen molar-refractivity contribution >= 4 is 5.82 Å². The molecule has 18 heavy (non-hydrogen) atoms. The van der Waals surface area contributed by atoms with E-state index in [2.05, 4.69) is 22.2 Å². The van der Waals surface area contributed by atoms with Crippen LogP contribution in [0.2, 0.25) is 0 Å². The lowest BCUT2D eigenvalue weighted by Crippen LogP contribution is -2.18. The zero-order valence-corrected chi connectivity index (χ0v) is 10.6. The van der Waals surface area contributed by atoms with E-state index in [0.29, 0.717) is 12.5 Å². The van der Waals surface area contributed by atoms with Crippen molar-refractivity contribution in [1.29, 1.82) is 0 Å². The third kappa shape index (κ3) is 3.48. The second kappa shape index (κ2) is 6.05. The first-order valence-corrected chi connectivity index (χ1v) is 6.01. The van der Waals surface area contributed by atoms with Crippen molar-refractivity contribution in [2.45, 2.75) is 26.3 Å². The van der Waals surface area contributed by atoms with Gasteiger partial charge in [0.05, 0.1) is 12.9 Å². The topological polar surface area (TPSA) is 60.2 Å². The van der Waals surface area contributed by atoms with Gasteiger partial charge in [-0.25, -0.2) is 9.97 Å². The molecule has 1 unspecified atom stereocenters. The molecule has 0 radical (unpaired) electrons. The highest BCUT2D eigenvalue weighted by Crippen LogP contribution is 2.13. The van der Waals surface area contributed by atoms with Gasteiger partial charge in [-0.05, 0) is 26.0 Å². The van der Waals surface area contributed by atoms with Crippen LogP contribution in [-0.2, 0) is 6.42 Å². The van der Waals surface area contributed by atoms with E-state index >= 15 is 0 Å². The van der Waals surface area contributed by atoms with Gasteiger partial charge in [0, 0.05) is 18.5 Å². The van der Waals surface area contributed by atoms with E-state index in [4.69, 9.17) is 9.15 Å². The molecule has 5 nitrogen and oxygen atoms in total. The summed E-state index contributed by atoms with van der Waals surface area (Å²) in [6.07, 6.45) is 3.98. The molecular formula is C13H17N3O2. The minimum atomic E-state index is 0.223. The first kappa shape index (κ1) is 12.4. The Hall–Kier alpha value is -2.04. The fourth-order valence-corrected chi connectivity index (χ4v) is 1.68. The molecule has 0 spiro atoms. The van der Waals surface area contributed by atoms with E-state index < -0.39 is 0 Å². The molecule has 2 rings (SSSR count). The third-order valence-electron chi connectivity index (χ3n) is 2.42. The van der Waals surface area contributed by atoms with Crippen molar-refractivity contribution in [2.75, 3.05) is 11.9 Å². The number of anilines is 1. The zero-order chi connectivity index (χ0) is 12.8. The summed E-state index contributed by atoms with van der Waals surface area (Å²) in [5, 5.41) is 3.29. The smallest absolute Gasteiger partial charge is 0.218 e. The molecule has 2 heterocycles. The van der Waals surface area contributed by atoms with E-state index in [1.54, 1.807) is 12.3 Å². The number of hydrogen-bond donors (Lipinski definition) is 1. The first-order valence-electron chi connectivity index (χ1n) is 6.01. The second-order valence-corrected chi connectivity index (χ2v) is 4.00. The van der Waals surface area contributed by atoms with Crippen LogP contribution in [-0.4, -0.2) is 22.6 Å². The number of furan rings is 1. The van der Waals surface area contributed by atoms with Crippen molar-refractivity contribution in [1.82, 2.24) is 9.97 Å². The number of nitrogens with zero attached hydrogens (tertiary/aromatic N) is 2. The molecule has 96 valence electrons. The maximum Gasteiger partial charge on any atom is 0.218 e. The minimum Gasteiger partial charge on any atom is -0.478 e. The Kier molecular flexibility index (Phi) is 4.17. The Morgan fingerprint density at radius 2 is 2.33 bits per heavy atom. The predicted octanol–water partition coefficient (Wildman–Crippen LogP) is 2.51. The standard InChI is InChI=1S/C13H17N3O2/c1-3-17-13-8-12(14-9-15-13)16-10(2)7-11-5-4-6-18-11/h4-6,8-10H,3,7H2,1-2H3,(H,14,15,16). The Balaban J connectivity index is 1.93. The number of rotatable bonds is 6. The lowest BCUT2D eigenvalue weighted by molar-refractivity contribution is 0.326. The van der Waals surface area contributed by atoms with Gasteiger partial charge in [-0.15, -0.1) is 0 Å². The highest BCUT2D eigenvalue weighted by atomic mass is 16.5. The summed E-state index contributed by atoms with van der Waals surface area (Å²) < 4.78 is 10.6. The summed E-state index contributed by atoms with van der Waals surface area (Å²) in [6.45, 7) is 4.60. The second-order valence-electron chi connectivity index (χ2n) is 4.00.